The van der Waals surface area contributed by atoms with Gasteiger partial charge in [0.15, 0.2) is 0 Å². The Kier molecular flexibility index (Phi) is 18.9. The third kappa shape index (κ3) is 15.6. The van der Waals surface area contributed by atoms with Gasteiger partial charge in [-0.05, 0) is 144 Å². The molecule has 0 aliphatic carbocycles. The van der Waals surface area contributed by atoms with E-state index in [1.165, 1.54) is 118 Å². The molecule has 5 aromatic rings. The summed E-state index contributed by atoms with van der Waals surface area (Å²) in [6, 6.07) is 30.0. The summed E-state index contributed by atoms with van der Waals surface area (Å²) >= 11 is 3.35. The van der Waals surface area contributed by atoms with Gasteiger partial charge in [-0.2, -0.15) is 0 Å². The van der Waals surface area contributed by atoms with Gasteiger partial charge in [-0.25, -0.2) is 19.2 Å². The van der Waals surface area contributed by atoms with E-state index in [4.69, 9.17) is 28.4 Å². The summed E-state index contributed by atoms with van der Waals surface area (Å²) in [5, 5.41) is 0. The number of carbonyl (C=O) groups excluding carboxylic acids is 4. The average Bonchev–Trinajstić information content (AvgIpc) is 3.27. The van der Waals surface area contributed by atoms with Crippen molar-refractivity contribution in [1.82, 2.24) is 0 Å². The van der Waals surface area contributed by atoms with Crippen LogP contribution in [-0.4, -0.2) is 37.1 Å². The number of benzene rings is 5. The second-order valence-corrected chi connectivity index (χ2v) is 15.3. The highest BCUT2D eigenvalue weighted by atomic mass is 79.9. The first-order valence-electron chi connectivity index (χ1n) is 21.1. The molecule has 11 heteroatoms. The molecule has 0 aliphatic heterocycles. The van der Waals surface area contributed by atoms with Crippen molar-refractivity contribution in [2.24, 2.45) is 0 Å². The highest BCUT2D eigenvalue weighted by Gasteiger charge is 2.19. The molecule has 0 aliphatic rings. The summed E-state index contributed by atoms with van der Waals surface area (Å²) in [5.74, 6) is -0.0953. The first-order chi connectivity index (χ1) is 29.7. The van der Waals surface area contributed by atoms with Crippen LogP contribution < -0.4 is 28.4 Å². The molecule has 0 heterocycles. The van der Waals surface area contributed by atoms with Gasteiger partial charge in [-0.3, -0.25) is 0 Å². The van der Waals surface area contributed by atoms with Crippen LogP contribution in [0.15, 0.2) is 120 Å². The first kappa shape index (κ1) is 46.1. The van der Waals surface area contributed by atoms with Crippen molar-refractivity contribution in [2.75, 3.05) is 13.2 Å². The van der Waals surface area contributed by atoms with Gasteiger partial charge in [0, 0.05) is 4.47 Å². The molecule has 0 saturated heterocycles. The van der Waals surface area contributed by atoms with Crippen LogP contribution in [0, 0.1) is 0 Å². The molecule has 0 atom stereocenters. The van der Waals surface area contributed by atoms with E-state index < -0.39 is 23.9 Å². The summed E-state index contributed by atoms with van der Waals surface area (Å²) < 4.78 is 34.1. The smallest absolute Gasteiger partial charge is 0.344 e. The van der Waals surface area contributed by atoms with Crippen molar-refractivity contribution in [2.45, 2.75) is 90.9 Å². The first-order valence-corrected chi connectivity index (χ1v) is 21.9. The normalized spacial score (nSPS) is 10.7. The van der Waals surface area contributed by atoms with Crippen molar-refractivity contribution < 1.29 is 47.6 Å². The maximum atomic E-state index is 13.2. The quantitative estimate of drug-likeness (QED) is 0.0336. The van der Waals surface area contributed by atoms with E-state index in [9.17, 15) is 19.2 Å². The fourth-order valence-electron chi connectivity index (χ4n) is 6.14. The van der Waals surface area contributed by atoms with E-state index in [2.05, 4.69) is 29.8 Å². The SMILES string of the molecule is CCCCCCCCOc1ccc(OC(=O)c2ccc(OC(=O)c3ccc(Br)c(C(=O)Oc4ccc(C(=O)Oc5ccc(OCCCCCCCC)cc5)cc4)c3)cc2)cc1. The van der Waals surface area contributed by atoms with Gasteiger partial charge in [0.05, 0.1) is 35.5 Å². The molecule has 5 aromatic carbocycles. The summed E-state index contributed by atoms with van der Waals surface area (Å²) in [5.41, 5.74) is 0.686. The number of esters is 4. The zero-order chi connectivity index (χ0) is 43.2. The summed E-state index contributed by atoms with van der Waals surface area (Å²) in [6.07, 6.45) is 14.2. The maximum Gasteiger partial charge on any atom is 0.344 e. The van der Waals surface area contributed by atoms with E-state index in [0.29, 0.717) is 40.7 Å². The van der Waals surface area contributed by atoms with Gasteiger partial charge in [-0.1, -0.05) is 78.1 Å². The average molecular weight is 894 g/mol. The van der Waals surface area contributed by atoms with E-state index >= 15 is 0 Å². The van der Waals surface area contributed by atoms with Crippen LogP contribution in [0.2, 0.25) is 0 Å². The van der Waals surface area contributed by atoms with Gasteiger partial charge in [0.2, 0.25) is 0 Å². The zero-order valence-corrected chi connectivity index (χ0v) is 36.4. The van der Waals surface area contributed by atoms with Crippen molar-refractivity contribution in [3.05, 3.63) is 142 Å². The lowest BCUT2D eigenvalue weighted by Crippen LogP contribution is -2.14. The maximum absolute atomic E-state index is 13.2. The number of rotatable bonds is 24. The molecule has 0 fully saturated rings. The predicted octanol–water partition coefficient (Wildman–Crippen LogP) is 12.8. The van der Waals surface area contributed by atoms with Gasteiger partial charge in [-0.15, -0.1) is 0 Å². The van der Waals surface area contributed by atoms with Crippen LogP contribution in [0.5, 0.6) is 34.5 Å². The Balaban J connectivity index is 1.06. The Bertz CT molecular complexity index is 2150. The molecule has 0 aromatic heterocycles. The van der Waals surface area contributed by atoms with Crippen LogP contribution >= 0.6 is 15.9 Å². The van der Waals surface area contributed by atoms with Gasteiger partial charge in [0.25, 0.3) is 0 Å². The Morgan fingerprint density at radius 2 is 0.689 bits per heavy atom. The Labute approximate surface area is 366 Å². The zero-order valence-electron chi connectivity index (χ0n) is 34.8. The van der Waals surface area contributed by atoms with E-state index in [-0.39, 0.29) is 33.8 Å². The monoisotopic (exact) mass is 892 g/mol. The Hall–Kier alpha value is -5.94. The Morgan fingerprint density at radius 3 is 1.10 bits per heavy atom. The molecular formula is C50H53BrO10. The molecule has 0 unspecified atom stereocenters. The third-order valence-electron chi connectivity index (χ3n) is 9.62. The van der Waals surface area contributed by atoms with Crippen LogP contribution in [0.1, 0.15) is 132 Å². The fourth-order valence-corrected chi connectivity index (χ4v) is 6.55. The van der Waals surface area contributed by atoms with Gasteiger partial charge < -0.3 is 28.4 Å². The second-order valence-electron chi connectivity index (χ2n) is 14.5. The molecule has 320 valence electrons. The molecular weight excluding hydrogens is 840 g/mol. The van der Waals surface area contributed by atoms with E-state index in [1.807, 2.05) is 0 Å². The highest BCUT2D eigenvalue weighted by molar-refractivity contribution is 9.10. The molecule has 0 saturated carbocycles. The second kappa shape index (κ2) is 25.0. The Morgan fingerprint density at radius 1 is 0.377 bits per heavy atom. The lowest BCUT2D eigenvalue weighted by Gasteiger charge is -2.10. The number of carbonyl (C=O) groups is 4. The number of halogens is 1. The van der Waals surface area contributed by atoms with Gasteiger partial charge >= 0.3 is 23.9 Å². The molecule has 0 N–H and O–H groups in total. The molecule has 0 amide bonds. The summed E-state index contributed by atoms with van der Waals surface area (Å²) in [4.78, 5) is 51.8. The summed E-state index contributed by atoms with van der Waals surface area (Å²) in [6.45, 7) is 5.69. The molecule has 61 heavy (non-hydrogen) atoms. The van der Waals surface area contributed by atoms with Crippen LogP contribution in [-0.2, 0) is 0 Å². The van der Waals surface area contributed by atoms with Gasteiger partial charge in [0.1, 0.15) is 34.5 Å². The molecule has 5 rings (SSSR count). The van der Waals surface area contributed by atoms with Crippen molar-refractivity contribution in [3.63, 3.8) is 0 Å². The number of unbranched alkanes of at least 4 members (excludes halogenated alkanes) is 10. The highest BCUT2D eigenvalue weighted by Crippen LogP contribution is 2.25. The molecule has 0 bridgehead atoms. The number of ether oxygens (including phenoxy) is 6. The lowest BCUT2D eigenvalue weighted by atomic mass is 10.1. The van der Waals surface area contributed by atoms with Crippen molar-refractivity contribution in [3.8, 4) is 34.5 Å². The molecule has 0 radical (unpaired) electrons. The minimum absolute atomic E-state index is 0.0767. The van der Waals surface area contributed by atoms with E-state index in [0.717, 1.165) is 25.7 Å². The van der Waals surface area contributed by atoms with Crippen LogP contribution in [0.4, 0.5) is 0 Å². The predicted molar refractivity (Wildman–Crippen MR) is 237 cm³/mol. The third-order valence-corrected chi connectivity index (χ3v) is 10.3. The van der Waals surface area contributed by atoms with Crippen LogP contribution in [0.3, 0.4) is 0 Å². The number of hydrogen-bond acceptors (Lipinski definition) is 10. The largest absolute Gasteiger partial charge is 0.494 e. The van der Waals surface area contributed by atoms with Crippen LogP contribution in [0.25, 0.3) is 0 Å². The fraction of sp³-hybridized carbons (Fsp3) is 0.320. The minimum Gasteiger partial charge on any atom is -0.494 e. The van der Waals surface area contributed by atoms with E-state index in [1.54, 1.807) is 48.5 Å². The molecule has 10 nitrogen and oxygen atoms in total. The topological polar surface area (TPSA) is 124 Å². The number of hydrogen-bond donors (Lipinski definition) is 0. The lowest BCUT2D eigenvalue weighted by molar-refractivity contribution is 0.0722. The van der Waals surface area contributed by atoms with Crippen molar-refractivity contribution >= 4 is 39.8 Å². The summed E-state index contributed by atoms with van der Waals surface area (Å²) in [7, 11) is 0. The van der Waals surface area contributed by atoms with Crippen molar-refractivity contribution in [1.29, 1.82) is 0 Å². The standard InChI is InChI=1S/C50H53BrO10/c1-3-5-7-9-11-13-33-56-39-24-28-43(29-25-39)58-47(52)36-15-20-41(21-16-36)60-49(54)38-19-32-46(51)45(35-38)50(55)61-42-22-17-37(18-23-42)48(53)59-44-30-26-40(27-31-44)57-34-14-12-10-8-6-4-2/h15-32,35H,3-14,33-34H2,1-2H3. The minimum atomic E-state index is -0.742. The molecule has 0 spiro atoms.